The van der Waals surface area contributed by atoms with Crippen molar-refractivity contribution < 1.29 is 23.8 Å². The Morgan fingerprint density at radius 3 is 2.34 bits per heavy atom. The van der Waals surface area contributed by atoms with Gasteiger partial charge in [0.05, 0.1) is 33.5 Å². The number of hydrogen-bond acceptors (Lipinski definition) is 6. The minimum absolute atomic E-state index is 0.0463. The van der Waals surface area contributed by atoms with Gasteiger partial charge in [-0.25, -0.2) is 0 Å². The van der Waals surface area contributed by atoms with Crippen LogP contribution in [-0.2, 0) is 9.53 Å². The standard InChI is InChI=1S/C21H31N3O5/c1-16(25)24(7-6-22-8-10-29-11-9-22)18-4-5-23(15-18)21(26)17-12-19(27-2)14-20(13-17)28-3/h12-14,18H,4-11,15H2,1-3H3. The van der Waals surface area contributed by atoms with Crippen molar-refractivity contribution in [3.8, 4) is 11.5 Å². The topological polar surface area (TPSA) is 71.6 Å². The van der Waals surface area contributed by atoms with Gasteiger partial charge in [0.1, 0.15) is 11.5 Å². The monoisotopic (exact) mass is 405 g/mol. The van der Waals surface area contributed by atoms with E-state index in [-0.39, 0.29) is 17.9 Å². The molecular formula is C21H31N3O5. The molecule has 1 unspecified atom stereocenters. The lowest BCUT2D eigenvalue weighted by Gasteiger charge is -2.32. The van der Waals surface area contributed by atoms with Crippen molar-refractivity contribution in [2.75, 3.05) is 66.7 Å². The number of nitrogens with zero attached hydrogens (tertiary/aromatic N) is 3. The Labute approximate surface area is 172 Å². The molecule has 29 heavy (non-hydrogen) atoms. The molecule has 1 atom stereocenters. The molecule has 2 fully saturated rings. The lowest BCUT2D eigenvalue weighted by Crippen LogP contribution is -2.47. The number of likely N-dealkylation sites (tertiary alicyclic amines) is 1. The van der Waals surface area contributed by atoms with Crippen LogP contribution in [0, 0.1) is 0 Å². The van der Waals surface area contributed by atoms with Gasteiger partial charge in [-0.3, -0.25) is 14.5 Å². The van der Waals surface area contributed by atoms with Crippen molar-refractivity contribution in [2.24, 2.45) is 0 Å². The Morgan fingerprint density at radius 2 is 1.76 bits per heavy atom. The van der Waals surface area contributed by atoms with Crippen LogP contribution in [0.2, 0.25) is 0 Å². The number of hydrogen-bond donors (Lipinski definition) is 0. The van der Waals surface area contributed by atoms with Crippen LogP contribution in [-0.4, -0.2) is 99.3 Å². The number of methoxy groups -OCH3 is 2. The molecule has 1 aromatic carbocycles. The molecule has 0 bridgehead atoms. The van der Waals surface area contributed by atoms with Crippen LogP contribution in [0.25, 0.3) is 0 Å². The Bertz CT molecular complexity index is 698. The number of morpholine rings is 1. The number of ether oxygens (including phenoxy) is 3. The third-order valence-electron chi connectivity index (χ3n) is 5.66. The van der Waals surface area contributed by atoms with E-state index in [1.807, 2.05) is 9.80 Å². The first kappa shape index (κ1) is 21.4. The Kier molecular flexibility index (Phi) is 7.33. The second-order valence-corrected chi connectivity index (χ2v) is 7.46. The zero-order valence-corrected chi connectivity index (χ0v) is 17.6. The molecule has 8 nitrogen and oxygen atoms in total. The van der Waals surface area contributed by atoms with Gasteiger partial charge in [-0.2, -0.15) is 0 Å². The van der Waals surface area contributed by atoms with E-state index in [2.05, 4.69) is 4.90 Å². The molecule has 2 aliphatic heterocycles. The van der Waals surface area contributed by atoms with E-state index in [9.17, 15) is 9.59 Å². The summed E-state index contributed by atoms with van der Waals surface area (Å²) in [4.78, 5) is 31.3. The molecule has 0 N–H and O–H groups in total. The third-order valence-corrected chi connectivity index (χ3v) is 5.66. The second-order valence-electron chi connectivity index (χ2n) is 7.46. The van der Waals surface area contributed by atoms with Gasteiger partial charge >= 0.3 is 0 Å². The molecule has 8 heteroatoms. The molecule has 2 amide bonds. The summed E-state index contributed by atoms with van der Waals surface area (Å²) in [5.74, 6) is 1.15. The number of carbonyl (C=O) groups excluding carboxylic acids is 2. The lowest BCUT2D eigenvalue weighted by molar-refractivity contribution is -0.131. The van der Waals surface area contributed by atoms with Gasteiger partial charge in [-0.05, 0) is 18.6 Å². The summed E-state index contributed by atoms with van der Waals surface area (Å²) in [6.45, 7) is 7.58. The number of benzene rings is 1. The van der Waals surface area contributed by atoms with Crippen LogP contribution in [0.4, 0.5) is 0 Å². The molecule has 2 heterocycles. The molecule has 2 aliphatic rings. The average Bonchev–Trinajstić information content (AvgIpc) is 3.23. The molecule has 160 valence electrons. The highest BCUT2D eigenvalue weighted by Gasteiger charge is 2.32. The molecule has 0 aliphatic carbocycles. The minimum atomic E-state index is -0.0682. The van der Waals surface area contributed by atoms with Crippen molar-refractivity contribution in [3.05, 3.63) is 23.8 Å². The Hall–Kier alpha value is -2.32. The smallest absolute Gasteiger partial charge is 0.254 e. The van der Waals surface area contributed by atoms with Crippen LogP contribution in [0.5, 0.6) is 11.5 Å². The normalized spacial score (nSPS) is 19.8. The predicted octanol–water partition coefficient (Wildman–Crippen LogP) is 1.10. The van der Waals surface area contributed by atoms with Crippen molar-refractivity contribution in [1.29, 1.82) is 0 Å². The summed E-state index contributed by atoms with van der Waals surface area (Å²) in [5, 5.41) is 0. The first-order valence-electron chi connectivity index (χ1n) is 10.1. The van der Waals surface area contributed by atoms with Crippen LogP contribution in [0.15, 0.2) is 18.2 Å². The zero-order valence-electron chi connectivity index (χ0n) is 17.6. The fourth-order valence-corrected chi connectivity index (χ4v) is 3.97. The molecule has 1 aromatic rings. The maximum absolute atomic E-state index is 13.0. The van der Waals surface area contributed by atoms with Crippen molar-refractivity contribution in [2.45, 2.75) is 19.4 Å². The molecular weight excluding hydrogens is 374 g/mol. The van der Waals surface area contributed by atoms with E-state index in [4.69, 9.17) is 14.2 Å². The lowest BCUT2D eigenvalue weighted by atomic mass is 10.1. The average molecular weight is 405 g/mol. The van der Waals surface area contributed by atoms with Gasteiger partial charge in [0.2, 0.25) is 5.91 Å². The zero-order chi connectivity index (χ0) is 20.8. The van der Waals surface area contributed by atoms with E-state index < -0.39 is 0 Å². The van der Waals surface area contributed by atoms with Gasteiger partial charge in [-0.1, -0.05) is 0 Å². The Morgan fingerprint density at radius 1 is 1.10 bits per heavy atom. The highest BCUT2D eigenvalue weighted by molar-refractivity contribution is 5.95. The largest absolute Gasteiger partial charge is 0.497 e. The van der Waals surface area contributed by atoms with Gasteiger partial charge in [-0.15, -0.1) is 0 Å². The van der Waals surface area contributed by atoms with E-state index in [0.717, 1.165) is 39.3 Å². The summed E-state index contributed by atoms with van der Waals surface area (Å²) >= 11 is 0. The molecule has 0 aromatic heterocycles. The van der Waals surface area contributed by atoms with Crippen LogP contribution in [0.3, 0.4) is 0 Å². The van der Waals surface area contributed by atoms with Gasteiger partial charge in [0.25, 0.3) is 5.91 Å². The SMILES string of the molecule is COc1cc(OC)cc(C(=O)N2CCC(N(CCN3CCOCC3)C(C)=O)C2)c1. The van der Waals surface area contributed by atoms with Crippen LogP contribution < -0.4 is 9.47 Å². The summed E-state index contributed by atoms with van der Waals surface area (Å²) in [7, 11) is 3.13. The first-order chi connectivity index (χ1) is 14.0. The molecule has 0 saturated carbocycles. The summed E-state index contributed by atoms with van der Waals surface area (Å²) in [5.41, 5.74) is 0.532. The summed E-state index contributed by atoms with van der Waals surface area (Å²) in [6.07, 6.45) is 0.787. The van der Waals surface area contributed by atoms with Crippen LogP contribution in [0.1, 0.15) is 23.7 Å². The molecule has 3 rings (SSSR count). The van der Waals surface area contributed by atoms with Crippen molar-refractivity contribution in [3.63, 3.8) is 0 Å². The molecule has 0 radical (unpaired) electrons. The fourth-order valence-electron chi connectivity index (χ4n) is 3.97. The van der Waals surface area contributed by atoms with E-state index in [1.165, 1.54) is 0 Å². The second kappa shape index (κ2) is 9.93. The summed E-state index contributed by atoms with van der Waals surface area (Å²) in [6, 6.07) is 5.23. The maximum atomic E-state index is 13.0. The highest BCUT2D eigenvalue weighted by Crippen LogP contribution is 2.25. The highest BCUT2D eigenvalue weighted by atomic mass is 16.5. The van der Waals surface area contributed by atoms with E-state index in [0.29, 0.717) is 36.7 Å². The molecule has 2 saturated heterocycles. The maximum Gasteiger partial charge on any atom is 0.254 e. The quantitative estimate of drug-likeness (QED) is 0.677. The van der Waals surface area contributed by atoms with Gasteiger partial charge < -0.3 is 24.0 Å². The first-order valence-corrected chi connectivity index (χ1v) is 10.1. The minimum Gasteiger partial charge on any atom is -0.497 e. The predicted molar refractivity (Wildman–Crippen MR) is 109 cm³/mol. The summed E-state index contributed by atoms with van der Waals surface area (Å²) < 4.78 is 15.9. The number of rotatable bonds is 7. The van der Waals surface area contributed by atoms with Gasteiger partial charge in [0, 0.05) is 57.8 Å². The van der Waals surface area contributed by atoms with Crippen molar-refractivity contribution >= 4 is 11.8 Å². The van der Waals surface area contributed by atoms with E-state index >= 15 is 0 Å². The van der Waals surface area contributed by atoms with E-state index in [1.54, 1.807) is 39.3 Å². The number of amides is 2. The van der Waals surface area contributed by atoms with Crippen molar-refractivity contribution in [1.82, 2.24) is 14.7 Å². The van der Waals surface area contributed by atoms with Crippen LogP contribution >= 0.6 is 0 Å². The fraction of sp³-hybridized carbons (Fsp3) is 0.619. The third kappa shape index (κ3) is 5.39. The van der Waals surface area contributed by atoms with Gasteiger partial charge in [0.15, 0.2) is 0 Å². The number of carbonyl (C=O) groups is 2. The molecule has 0 spiro atoms. The Balaban J connectivity index is 1.62.